The van der Waals surface area contributed by atoms with Crippen LogP contribution in [-0.4, -0.2) is 32.4 Å². The van der Waals surface area contributed by atoms with E-state index < -0.39 is 0 Å². The summed E-state index contributed by atoms with van der Waals surface area (Å²) in [7, 11) is 0. The lowest BCUT2D eigenvalue weighted by atomic mass is 9.92. The van der Waals surface area contributed by atoms with E-state index in [1.165, 1.54) is 16.2 Å². The minimum atomic E-state index is -0.308. The Hall–Kier alpha value is -4.52. The fraction of sp³-hybridized carbons (Fsp3) is 0.200. The van der Waals surface area contributed by atoms with Crippen molar-refractivity contribution < 1.29 is 14.4 Å². The summed E-state index contributed by atoms with van der Waals surface area (Å²) in [6.07, 6.45) is 4.63. The number of hydrogen-bond acceptors (Lipinski definition) is 4. The van der Waals surface area contributed by atoms with Crippen LogP contribution in [0, 0.1) is 0 Å². The number of aromatic nitrogens is 2. The van der Waals surface area contributed by atoms with Crippen molar-refractivity contribution in [3.8, 4) is 0 Å². The van der Waals surface area contributed by atoms with Crippen molar-refractivity contribution in [1.29, 1.82) is 0 Å². The highest BCUT2D eigenvalue weighted by Gasteiger charge is 2.35. The number of benzene rings is 3. The van der Waals surface area contributed by atoms with Gasteiger partial charge in [-0.25, -0.2) is 0 Å². The SMILES string of the molecule is O=C(NC1CCCc2c1cnn2Cc1ccccc1)c1cccc(CN2C(=O)c3ccccc3C2=O)c1. The summed E-state index contributed by atoms with van der Waals surface area (Å²) in [5.41, 5.74) is 5.48. The molecule has 1 N–H and O–H groups in total. The second-order valence-electron chi connectivity index (χ2n) is 9.55. The van der Waals surface area contributed by atoms with Crippen LogP contribution >= 0.6 is 0 Å². The Morgan fingerprint density at radius 3 is 2.32 bits per heavy atom. The van der Waals surface area contributed by atoms with E-state index >= 15 is 0 Å². The lowest BCUT2D eigenvalue weighted by Crippen LogP contribution is -2.31. The maximum atomic E-state index is 13.2. The summed E-state index contributed by atoms with van der Waals surface area (Å²) < 4.78 is 2.03. The van der Waals surface area contributed by atoms with Crippen molar-refractivity contribution in [2.75, 3.05) is 0 Å². The minimum absolute atomic E-state index is 0.110. The summed E-state index contributed by atoms with van der Waals surface area (Å²) in [4.78, 5) is 40.0. The van der Waals surface area contributed by atoms with Gasteiger partial charge in [0.25, 0.3) is 17.7 Å². The molecule has 3 amide bonds. The number of carbonyl (C=O) groups is 3. The average Bonchev–Trinajstić information content (AvgIpc) is 3.45. The molecule has 0 saturated carbocycles. The second kappa shape index (κ2) is 9.50. The second-order valence-corrected chi connectivity index (χ2v) is 9.55. The molecular formula is C30H26N4O3. The highest BCUT2D eigenvalue weighted by atomic mass is 16.2. The molecule has 1 aliphatic carbocycles. The Morgan fingerprint density at radius 1 is 0.865 bits per heavy atom. The predicted octanol–water partition coefficient (Wildman–Crippen LogP) is 4.54. The third kappa shape index (κ3) is 4.33. The first-order valence-electron chi connectivity index (χ1n) is 12.5. The number of hydrogen-bond donors (Lipinski definition) is 1. The largest absolute Gasteiger partial charge is 0.345 e. The molecule has 7 nitrogen and oxygen atoms in total. The average molecular weight is 491 g/mol. The van der Waals surface area contributed by atoms with Crippen LogP contribution in [0.5, 0.6) is 0 Å². The van der Waals surface area contributed by atoms with Crippen molar-refractivity contribution in [3.05, 3.63) is 124 Å². The molecule has 1 aliphatic heterocycles. The lowest BCUT2D eigenvalue weighted by molar-refractivity contribution is 0.0642. The number of imide groups is 1. The van der Waals surface area contributed by atoms with Crippen molar-refractivity contribution in [2.45, 2.75) is 38.4 Å². The first kappa shape index (κ1) is 22.9. The maximum Gasteiger partial charge on any atom is 0.261 e. The number of amides is 3. The number of fused-ring (bicyclic) bond motifs is 2. The van der Waals surface area contributed by atoms with Crippen LogP contribution in [0.1, 0.15) is 72.3 Å². The maximum absolute atomic E-state index is 13.2. The molecule has 6 rings (SSSR count). The molecule has 184 valence electrons. The lowest BCUT2D eigenvalue weighted by Gasteiger charge is -2.24. The Bertz CT molecular complexity index is 1470. The van der Waals surface area contributed by atoms with Gasteiger partial charge in [-0.15, -0.1) is 0 Å². The monoisotopic (exact) mass is 490 g/mol. The van der Waals surface area contributed by atoms with Crippen LogP contribution in [0.2, 0.25) is 0 Å². The molecule has 0 radical (unpaired) electrons. The van der Waals surface area contributed by atoms with Crippen LogP contribution in [0.25, 0.3) is 0 Å². The van der Waals surface area contributed by atoms with Gasteiger partial charge in [-0.1, -0.05) is 54.6 Å². The molecule has 3 aromatic carbocycles. The van der Waals surface area contributed by atoms with E-state index in [2.05, 4.69) is 22.5 Å². The molecule has 0 bridgehead atoms. The molecule has 1 aromatic heterocycles. The van der Waals surface area contributed by atoms with Crippen LogP contribution in [0.3, 0.4) is 0 Å². The zero-order valence-corrected chi connectivity index (χ0v) is 20.3. The van der Waals surface area contributed by atoms with Gasteiger partial charge in [0.2, 0.25) is 0 Å². The van der Waals surface area contributed by atoms with E-state index in [9.17, 15) is 14.4 Å². The Kier molecular flexibility index (Phi) is 5.88. The summed E-state index contributed by atoms with van der Waals surface area (Å²) in [6, 6.07) is 24.1. The van der Waals surface area contributed by atoms with Crippen LogP contribution in [0.15, 0.2) is 85.1 Å². The molecule has 2 heterocycles. The minimum Gasteiger partial charge on any atom is -0.345 e. The standard InChI is InChI=1S/C30H26N4O3/c35-28(32-26-14-7-15-27-25(26)17-31-34(27)19-20-8-2-1-3-9-20)22-11-6-10-21(16-22)18-33-29(36)23-12-4-5-13-24(23)30(33)37/h1-6,8-13,16-17,26H,7,14-15,18-19H2,(H,32,35). The Labute approximate surface area is 214 Å². The third-order valence-corrected chi connectivity index (χ3v) is 7.15. The fourth-order valence-electron chi connectivity index (χ4n) is 5.28. The van der Waals surface area contributed by atoms with Gasteiger partial charge in [0, 0.05) is 16.8 Å². The van der Waals surface area contributed by atoms with Gasteiger partial charge in [0.1, 0.15) is 0 Å². The molecular weight excluding hydrogens is 464 g/mol. The number of nitrogens with zero attached hydrogens (tertiary/aromatic N) is 3. The van der Waals surface area contributed by atoms with Gasteiger partial charge < -0.3 is 5.32 Å². The summed E-state index contributed by atoms with van der Waals surface area (Å²) in [5, 5.41) is 7.80. The molecule has 1 unspecified atom stereocenters. The topological polar surface area (TPSA) is 84.3 Å². The molecule has 37 heavy (non-hydrogen) atoms. The van der Waals surface area contributed by atoms with Gasteiger partial charge in [0.05, 0.1) is 36.5 Å². The fourth-order valence-corrected chi connectivity index (χ4v) is 5.28. The molecule has 1 atom stereocenters. The van der Waals surface area contributed by atoms with Crippen molar-refractivity contribution in [2.24, 2.45) is 0 Å². The van der Waals surface area contributed by atoms with E-state index in [1.807, 2.05) is 35.1 Å². The van der Waals surface area contributed by atoms with E-state index in [0.29, 0.717) is 23.2 Å². The van der Waals surface area contributed by atoms with Crippen LogP contribution in [0.4, 0.5) is 0 Å². The first-order chi connectivity index (χ1) is 18.1. The molecule has 2 aliphatic rings. The van der Waals surface area contributed by atoms with Gasteiger partial charge in [-0.2, -0.15) is 5.10 Å². The Morgan fingerprint density at radius 2 is 1.57 bits per heavy atom. The van der Waals surface area contributed by atoms with E-state index in [1.54, 1.807) is 42.5 Å². The highest BCUT2D eigenvalue weighted by molar-refractivity contribution is 6.21. The van der Waals surface area contributed by atoms with Gasteiger partial charge in [-0.05, 0) is 54.7 Å². The van der Waals surface area contributed by atoms with E-state index in [0.717, 1.165) is 30.4 Å². The van der Waals surface area contributed by atoms with Crippen LogP contribution in [-0.2, 0) is 19.5 Å². The van der Waals surface area contributed by atoms with Crippen LogP contribution < -0.4 is 5.32 Å². The first-order valence-corrected chi connectivity index (χ1v) is 12.5. The smallest absolute Gasteiger partial charge is 0.261 e. The normalized spacial score (nSPS) is 16.4. The van der Waals surface area contributed by atoms with Gasteiger partial charge >= 0.3 is 0 Å². The number of rotatable bonds is 6. The van der Waals surface area contributed by atoms with Crippen molar-refractivity contribution in [3.63, 3.8) is 0 Å². The highest BCUT2D eigenvalue weighted by Crippen LogP contribution is 2.30. The third-order valence-electron chi connectivity index (χ3n) is 7.15. The van der Waals surface area contributed by atoms with Gasteiger partial charge in [-0.3, -0.25) is 24.0 Å². The molecule has 0 fully saturated rings. The van der Waals surface area contributed by atoms with E-state index in [-0.39, 0.29) is 30.3 Å². The molecule has 0 spiro atoms. The number of carbonyl (C=O) groups excluding carboxylic acids is 3. The quantitative estimate of drug-likeness (QED) is 0.403. The zero-order chi connectivity index (χ0) is 25.4. The molecule has 4 aromatic rings. The Balaban J connectivity index is 1.16. The van der Waals surface area contributed by atoms with Crippen molar-refractivity contribution >= 4 is 17.7 Å². The molecule has 7 heteroatoms. The number of nitrogens with one attached hydrogen (secondary N) is 1. The summed E-state index contributed by atoms with van der Waals surface area (Å²) in [6.45, 7) is 0.823. The summed E-state index contributed by atoms with van der Waals surface area (Å²) in [5.74, 6) is -0.798. The predicted molar refractivity (Wildman–Crippen MR) is 138 cm³/mol. The zero-order valence-electron chi connectivity index (χ0n) is 20.3. The molecule has 0 saturated heterocycles. The summed E-state index contributed by atoms with van der Waals surface area (Å²) >= 11 is 0. The van der Waals surface area contributed by atoms with E-state index in [4.69, 9.17) is 0 Å². The van der Waals surface area contributed by atoms with Crippen molar-refractivity contribution in [1.82, 2.24) is 20.0 Å². The van der Waals surface area contributed by atoms with Gasteiger partial charge in [0.15, 0.2) is 0 Å².